The van der Waals surface area contributed by atoms with Crippen LogP contribution in [0.25, 0.3) is 10.6 Å². The maximum atomic E-state index is 10.6. The topological polar surface area (TPSA) is 75.1 Å². The zero-order chi connectivity index (χ0) is 14.1. The lowest BCUT2D eigenvalue weighted by molar-refractivity contribution is -0.134. The summed E-state index contributed by atoms with van der Waals surface area (Å²) in [5.41, 5.74) is 2.82. The van der Waals surface area contributed by atoms with Gasteiger partial charge in [-0.3, -0.25) is 4.79 Å². The number of aliphatic carboxylic acids is 1. The molecule has 20 heavy (non-hydrogen) atoms. The van der Waals surface area contributed by atoms with Gasteiger partial charge in [0.15, 0.2) is 0 Å². The summed E-state index contributed by atoms with van der Waals surface area (Å²) in [4.78, 5) is 15.2. The monoisotopic (exact) mass is 289 g/mol. The van der Waals surface area contributed by atoms with Crippen LogP contribution in [0, 0.1) is 6.92 Å². The standard InChI is InChI=1S/C14H15N3O2S/c1-8-2-3-10(6-11(8)15-7-12(18)19)14-16-13(17-20-14)9-4-5-9/h2-3,6,9,15H,4-5,7H2,1H3,(H,18,19). The van der Waals surface area contributed by atoms with Crippen molar-refractivity contribution in [3.63, 3.8) is 0 Å². The molecule has 0 spiro atoms. The molecule has 1 aliphatic rings. The highest BCUT2D eigenvalue weighted by Gasteiger charge is 2.27. The Bertz CT molecular complexity index is 650. The van der Waals surface area contributed by atoms with Crippen LogP contribution in [-0.4, -0.2) is 27.0 Å². The minimum absolute atomic E-state index is 0.0895. The van der Waals surface area contributed by atoms with Gasteiger partial charge in [-0.05, 0) is 42.9 Å². The maximum absolute atomic E-state index is 10.6. The molecule has 1 heterocycles. The highest BCUT2D eigenvalue weighted by atomic mass is 32.1. The SMILES string of the molecule is Cc1ccc(-c2nc(C3CC3)ns2)cc1NCC(=O)O. The first kappa shape index (κ1) is 13.1. The zero-order valence-corrected chi connectivity index (χ0v) is 11.9. The Morgan fingerprint density at radius 2 is 2.30 bits per heavy atom. The number of aromatic nitrogens is 2. The normalized spacial score (nSPS) is 14.2. The van der Waals surface area contributed by atoms with Gasteiger partial charge >= 0.3 is 5.97 Å². The summed E-state index contributed by atoms with van der Waals surface area (Å²) in [6.07, 6.45) is 2.38. The van der Waals surface area contributed by atoms with E-state index < -0.39 is 5.97 Å². The molecule has 0 aliphatic heterocycles. The third kappa shape index (κ3) is 2.80. The van der Waals surface area contributed by atoms with Crippen molar-refractivity contribution in [3.05, 3.63) is 29.6 Å². The van der Waals surface area contributed by atoms with Crippen LogP contribution in [0.4, 0.5) is 5.69 Å². The number of benzene rings is 1. The minimum atomic E-state index is -0.873. The number of carboxylic acid groups (broad SMARTS) is 1. The molecule has 2 N–H and O–H groups in total. The number of hydrogen-bond donors (Lipinski definition) is 2. The van der Waals surface area contributed by atoms with E-state index in [1.165, 1.54) is 24.4 Å². The zero-order valence-electron chi connectivity index (χ0n) is 11.1. The van der Waals surface area contributed by atoms with E-state index in [0.717, 1.165) is 27.6 Å². The fourth-order valence-corrected chi connectivity index (χ4v) is 2.71. The summed E-state index contributed by atoms with van der Waals surface area (Å²) in [7, 11) is 0. The molecule has 1 fully saturated rings. The van der Waals surface area contributed by atoms with Crippen molar-refractivity contribution >= 4 is 23.2 Å². The van der Waals surface area contributed by atoms with Gasteiger partial charge < -0.3 is 10.4 Å². The number of rotatable bonds is 5. The van der Waals surface area contributed by atoms with Gasteiger partial charge in [-0.15, -0.1) is 0 Å². The van der Waals surface area contributed by atoms with Crippen molar-refractivity contribution in [2.24, 2.45) is 0 Å². The Kier molecular flexibility index (Phi) is 3.40. The highest BCUT2D eigenvalue weighted by Crippen LogP contribution is 2.40. The molecule has 0 unspecified atom stereocenters. The predicted octanol–water partition coefficient (Wildman–Crippen LogP) is 2.89. The Balaban J connectivity index is 1.84. The summed E-state index contributed by atoms with van der Waals surface area (Å²) in [5, 5.41) is 12.6. The fourth-order valence-electron chi connectivity index (χ4n) is 1.98. The number of anilines is 1. The molecular weight excluding hydrogens is 274 g/mol. The van der Waals surface area contributed by atoms with Gasteiger partial charge in [0, 0.05) is 17.2 Å². The van der Waals surface area contributed by atoms with Crippen LogP contribution in [0.2, 0.25) is 0 Å². The van der Waals surface area contributed by atoms with Crippen molar-refractivity contribution in [2.75, 3.05) is 11.9 Å². The van der Waals surface area contributed by atoms with E-state index in [-0.39, 0.29) is 6.54 Å². The largest absolute Gasteiger partial charge is 0.480 e. The van der Waals surface area contributed by atoms with Crippen molar-refractivity contribution in [2.45, 2.75) is 25.7 Å². The summed E-state index contributed by atoms with van der Waals surface area (Å²) in [6, 6.07) is 5.91. The molecule has 1 aromatic heterocycles. The minimum Gasteiger partial charge on any atom is -0.480 e. The van der Waals surface area contributed by atoms with Crippen molar-refractivity contribution in [3.8, 4) is 10.6 Å². The molecule has 1 saturated carbocycles. The molecule has 1 aromatic carbocycles. The second kappa shape index (κ2) is 5.20. The van der Waals surface area contributed by atoms with Gasteiger partial charge in [0.05, 0.1) is 0 Å². The van der Waals surface area contributed by atoms with Crippen LogP contribution >= 0.6 is 11.5 Å². The second-order valence-electron chi connectivity index (χ2n) is 5.01. The van der Waals surface area contributed by atoms with E-state index in [9.17, 15) is 4.79 Å². The van der Waals surface area contributed by atoms with Crippen LogP contribution in [-0.2, 0) is 4.79 Å². The van der Waals surface area contributed by atoms with Gasteiger partial charge in [-0.2, -0.15) is 4.37 Å². The van der Waals surface area contributed by atoms with Crippen molar-refractivity contribution in [1.82, 2.24) is 9.36 Å². The first-order valence-corrected chi connectivity index (χ1v) is 7.31. The summed E-state index contributed by atoms with van der Waals surface area (Å²) < 4.78 is 4.40. The molecule has 0 radical (unpaired) electrons. The molecule has 3 rings (SSSR count). The third-order valence-electron chi connectivity index (χ3n) is 3.30. The lowest BCUT2D eigenvalue weighted by Gasteiger charge is -2.08. The fraction of sp³-hybridized carbons (Fsp3) is 0.357. The molecule has 0 saturated heterocycles. The van der Waals surface area contributed by atoms with E-state index in [1.807, 2.05) is 25.1 Å². The first-order valence-electron chi connectivity index (χ1n) is 6.54. The molecule has 104 valence electrons. The van der Waals surface area contributed by atoms with Crippen molar-refractivity contribution < 1.29 is 9.90 Å². The lowest BCUT2D eigenvalue weighted by Crippen LogP contribution is -2.13. The molecule has 1 aliphatic carbocycles. The van der Waals surface area contributed by atoms with Crippen LogP contribution in [0.15, 0.2) is 18.2 Å². The Morgan fingerprint density at radius 3 is 3.00 bits per heavy atom. The Morgan fingerprint density at radius 1 is 1.50 bits per heavy atom. The first-order chi connectivity index (χ1) is 9.63. The highest BCUT2D eigenvalue weighted by molar-refractivity contribution is 7.09. The van der Waals surface area contributed by atoms with Gasteiger partial charge in [0.1, 0.15) is 17.4 Å². The Labute approximate surface area is 120 Å². The average Bonchev–Trinajstić information content (AvgIpc) is 3.16. The summed E-state index contributed by atoms with van der Waals surface area (Å²) in [6.45, 7) is 1.86. The van der Waals surface area contributed by atoms with Gasteiger partial charge in [-0.1, -0.05) is 12.1 Å². The number of nitrogens with zero attached hydrogens (tertiary/aromatic N) is 2. The molecule has 0 bridgehead atoms. The maximum Gasteiger partial charge on any atom is 0.322 e. The summed E-state index contributed by atoms with van der Waals surface area (Å²) >= 11 is 1.40. The number of hydrogen-bond acceptors (Lipinski definition) is 5. The van der Waals surface area contributed by atoms with Crippen LogP contribution < -0.4 is 5.32 Å². The van der Waals surface area contributed by atoms with Gasteiger partial charge in [0.25, 0.3) is 0 Å². The number of nitrogens with one attached hydrogen (secondary N) is 1. The van der Waals surface area contributed by atoms with E-state index in [1.54, 1.807) is 0 Å². The average molecular weight is 289 g/mol. The quantitative estimate of drug-likeness (QED) is 0.885. The van der Waals surface area contributed by atoms with Gasteiger partial charge in [-0.25, -0.2) is 4.98 Å². The van der Waals surface area contributed by atoms with Crippen LogP contribution in [0.5, 0.6) is 0 Å². The molecule has 0 atom stereocenters. The van der Waals surface area contributed by atoms with E-state index in [0.29, 0.717) is 5.92 Å². The predicted molar refractivity (Wildman–Crippen MR) is 78.2 cm³/mol. The van der Waals surface area contributed by atoms with Crippen LogP contribution in [0.3, 0.4) is 0 Å². The van der Waals surface area contributed by atoms with Crippen LogP contribution in [0.1, 0.15) is 30.1 Å². The third-order valence-corrected chi connectivity index (χ3v) is 4.08. The lowest BCUT2D eigenvalue weighted by atomic mass is 10.1. The smallest absolute Gasteiger partial charge is 0.322 e. The number of aryl methyl sites for hydroxylation is 1. The molecule has 5 nitrogen and oxygen atoms in total. The molecule has 2 aromatic rings. The van der Waals surface area contributed by atoms with E-state index in [2.05, 4.69) is 14.7 Å². The number of carbonyl (C=O) groups is 1. The molecular formula is C14H15N3O2S. The molecule has 6 heteroatoms. The second-order valence-corrected chi connectivity index (χ2v) is 5.76. The van der Waals surface area contributed by atoms with E-state index >= 15 is 0 Å². The molecule has 0 amide bonds. The number of carboxylic acids is 1. The summed E-state index contributed by atoms with van der Waals surface area (Å²) in [5.74, 6) is 0.627. The van der Waals surface area contributed by atoms with Crippen molar-refractivity contribution in [1.29, 1.82) is 0 Å². The Hall–Kier alpha value is -1.95. The van der Waals surface area contributed by atoms with Gasteiger partial charge in [0.2, 0.25) is 0 Å². The van der Waals surface area contributed by atoms with E-state index in [4.69, 9.17) is 5.11 Å².